The first kappa shape index (κ1) is 8.45. The molecule has 66 valence electrons. The Kier molecular flexibility index (Phi) is 2.41. The number of hydrogen-bond donors (Lipinski definition) is 0. The maximum absolute atomic E-state index is 3.81. The molecule has 0 amide bonds. The summed E-state index contributed by atoms with van der Waals surface area (Å²) in [5, 5.41) is 2.11. The lowest BCUT2D eigenvalue weighted by atomic mass is 10.2. The van der Waals surface area contributed by atoms with Gasteiger partial charge < -0.3 is 4.31 Å². The normalized spacial score (nSPS) is 14.9. The third-order valence-corrected chi connectivity index (χ3v) is 2.90. The van der Waals surface area contributed by atoms with Crippen LogP contribution < -0.4 is 4.31 Å². The van der Waals surface area contributed by atoms with Gasteiger partial charge in [0.05, 0.1) is 5.69 Å². The summed E-state index contributed by atoms with van der Waals surface area (Å²) in [6.07, 6.45) is 4.05. The molecule has 0 radical (unpaired) electrons. The Hall–Kier alpha value is -1.15. The van der Waals surface area contributed by atoms with E-state index in [0.29, 0.717) is 0 Å². The summed E-state index contributed by atoms with van der Waals surface area (Å²) in [6.45, 7) is 4.79. The molecule has 0 aliphatic carbocycles. The van der Waals surface area contributed by atoms with Crippen molar-refractivity contribution >= 4 is 23.7 Å². The summed E-state index contributed by atoms with van der Waals surface area (Å²) in [7, 11) is 0. The number of benzene rings is 1. The molecule has 0 fully saturated rings. The molecular weight excluding hydrogens is 178 g/mol. The Morgan fingerprint density at radius 3 is 2.92 bits per heavy atom. The van der Waals surface area contributed by atoms with Crippen LogP contribution in [0.15, 0.2) is 42.3 Å². The van der Waals surface area contributed by atoms with Crippen molar-refractivity contribution in [1.29, 1.82) is 0 Å². The summed E-state index contributed by atoms with van der Waals surface area (Å²) in [5.41, 5.74) is 2.44. The van der Waals surface area contributed by atoms with E-state index in [9.17, 15) is 0 Å². The van der Waals surface area contributed by atoms with E-state index in [0.717, 1.165) is 6.54 Å². The van der Waals surface area contributed by atoms with Crippen LogP contribution in [0.4, 0.5) is 5.69 Å². The monoisotopic (exact) mass is 189 g/mol. The fourth-order valence-electron chi connectivity index (χ4n) is 1.34. The predicted octanol–water partition coefficient (Wildman–Crippen LogP) is 3.31. The standard InChI is InChI=1S/C11H11NS/c1-2-10-6-3-4-7-11(10)12-8-5-9-13-12/h2-7,9H,1,8H2. The van der Waals surface area contributed by atoms with Crippen LogP contribution in [0.25, 0.3) is 6.08 Å². The van der Waals surface area contributed by atoms with Crippen molar-refractivity contribution < 1.29 is 0 Å². The molecule has 0 aromatic heterocycles. The highest BCUT2D eigenvalue weighted by Gasteiger charge is 2.10. The number of para-hydroxylation sites is 1. The molecule has 2 heteroatoms. The lowest BCUT2D eigenvalue weighted by Crippen LogP contribution is -2.10. The van der Waals surface area contributed by atoms with Crippen LogP contribution in [-0.2, 0) is 0 Å². The molecule has 1 aromatic carbocycles. The highest BCUT2D eigenvalue weighted by atomic mass is 32.2. The second-order valence-electron chi connectivity index (χ2n) is 2.80. The number of anilines is 1. The van der Waals surface area contributed by atoms with Crippen molar-refractivity contribution in [3.63, 3.8) is 0 Å². The molecule has 0 saturated heterocycles. The Morgan fingerprint density at radius 1 is 1.38 bits per heavy atom. The lowest BCUT2D eigenvalue weighted by Gasteiger charge is -2.18. The number of hydrogen-bond acceptors (Lipinski definition) is 2. The van der Waals surface area contributed by atoms with Gasteiger partial charge in [-0.2, -0.15) is 0 Å². The van der Waals surface area contributed by atoms with Crippen molar-refractivity contribution in [3.05, 3.63) is 47.9 Å². The van der Waals surface area contributed by atoms with Crippen LogP contribution in [0.5, 0.6) is 0 Å². The molecule has 0 spiro atoms. The van der Waals surface area contributed by atoms with E-state index in [1.807, 2.05) is 12.1 Å². The maximum Gasteiger partial charge on any atom is 0.0548 e. The summed E-state index contributed by atoms with van der Waals surface area (Å²) in [4.78, 5) is 0. The zero-order valence-electron chi connectivity index (χ0n) is 7.31. The first-order valence-corrected chi connectivity index (χ1v) is 5.06. The molecule has 0 atom stereocenters. The van der Waals surface area contributed by atoms with Gasteiger partial charge in [0.15, 0.2) is 0 Å². The van der Waals surface area contributed by atoms with Gasteiger partial charge in [-0.25, -0.2) is 0 Å². The minimum Gasteiger partial charge on any atom is -0.308 e. The average Bonchev–Trinajstić information content (AvgIpc) is 2.70. The van der Waals surface area contributed by atoms with Gasteiger partial charge in [0.1, 0.15) is 0 Å². The molecule has 0 bridgehead atoms. The van der Waals surface area contributed by atoms with Gasteiger partial charge in [0.2, 0.25) is 0 Å². The Labute approximate surface area is 82.9 Å². The van der Waals surface area contributed by atoms with E-state index in [1.54, 1.807) is 11.9 Å². The van der Waals surface area contributed by atoms with Crippen molar-refractivity contribution in [2.75, 3.05) is 10.8 Å². The maximum atomic E-state index is 3.81. The molecule has 1 heterocycles. The average molecular weight is 189 g/mol. The minimum atomic E-state index is 0.982. The molecule has 1 aliphatic heterocycles. The fraction of sp³-hybridized carbons (Fsp3) is 0.0909. The second kappa shape index (κ2) is 3.71. The van der Waals surface area contributed by atoms with Crippen LogP contribution >= 0.6 is 11.9 Å². The van der Waals surface area contributed by atoms with Crippen molar-refractivity contribution in [3.8, 4) is 0 Å². The Balaban J connectivity index is 2.32. The zero-order valence-corrected chi connectivity index (χ0v) is 8.13. The van der Waals surface area contributed by atoms with Gasteiger partial charge in [-0.1, -0.05) is 36.9 Å². The van der Waals surface area contributed by atoms with E-state index in [2.05, 4.69) is 40.6 Å². The second-order valence-corrected chi connectivity index (χ2v) is 3.72. The van der Waals surface area contributed by atoms with Crippen molar-refractivity contribution in [2.45, 2.75) is 0 Å². The van der Waals surface area contributed by atoms with Crippen LogP contribution in [0.3, 0.4) is 0 Å². The van der Waals surface area contributed by atoms with Gasteiger partial charge >= 0.3 is 0 Å². The third kappa shape index (κ3) is 1.63. The molecule has 0 unspecified atom stereocenters. The number of rotatable bonds is 2. The molecule has 13 heavy (non-hydrogen) atoms. The minimum absolute atomic E-state index is 0.982. The van der Waals surface area contributed by atoms with Gasteiger partial charge in [-0.05, 0) is 29.0 Å². The van der Waals surface area contributed by atoms with Gasteiger partial charge in [0.25, 0.3) is 0 Å². The van der Waals surface area contributed by atoms with E-state index in [-0.39, 0.29) is 0 Å². The number of nitrogens with zero attached hydrogens (tertiary/aromatic N) is 1. The predicted molar refractivity (Wildman–Crippen MR) is 60.6 cm³/mol. The summed E-state index contributed by atoms with van der Waals surface area (Å²) >= 11 is 1.73. The molecule has 2 rings (SSSR count). The van der Waals surface area contributed by atoms with Crippen molar-refractivity contribution in [1.82, 2.24) is 0 Å². The van der Waals surface area contributed by atoms with Crippen LogP contribution in [-0.4, -0.2) is 6.54 Å². The molecule has 1 aromatic rings. The molecular formula is C11H11NS. The van der Waals surface area contributed by atoms with Gasteiger partial charge in [-0.3, -0.25) is 0 Å². The first-order valence-electron chi connectivity index (χ1n) is 4.22. The molecule has 0 N–H and O–H groups in total. The summed E-state index contributed by atoms with van der Waals surface area (Å²) in [5.74, 6) is 0. The lowest BCUT2D eigenvalue weighted by molar-refractivity contribution is 1.23. The zero-order chi connectivity index (χ0) is 9.10. The molecule has 1 aliphatic rings. The topological polar surface area (TPSA) is 3.24 Å². The van der Waals surface area contributed by atoms with Crippen LogP contribution in [0, 0.1) is 0 Å². The fourth-order valence-corrected chi connectivity index (χ4v) is 2.11. The third-order valence-electron chi connectivity index (χ3n) is 1.98. The molecule has 1 nitrogen and oxygen atoms in total. The Morgan fingerprint density at radius 2 is 2.23 bits per heavy atom. The largest absolute Gasteiger partial charge is 0.308 e. The molecule has 0 saturated carbocycles. The Bertz CT molecular complexity index is 336. The van der Waals surface area contributed by atoms with E-state index < -0.39 is 0 Å². The quantitative estimate of drug-likeness (QED) is 0.657. The summed E-state index contributed by atoms with van der Waals surface area (Å²) < 4.78 is 2.25. The first-order chi connectivity index (χ1) is 6.42. The van der Waals surface area contributed by atoms with Gasteiger partial charge in [0, 0.05) is 6.54 Å². The van der Waals surface area contributed by atoms with Crippen LogP contribution in [0.1, 0.15) is 5.56 Å². The van der Waals surface area contributed by atoms with E-state index in [4.69, 9.17) is 0 Å². The highest BCUT2D eigenvalue weighted by Crippen LogP contribution is 2.30. The van der Waals surface area contributed by atoms with Crippen molar-refractivity contribution in [2.24, 2.45) is 0 Å². The smallest absolute Gasteiger partial charge is 0.0548 e. The SMILES string of the molecule is C=Cc1ccccc1N1CC=CS1. The van der Waals surface area contributed by atoms with Gasteiger partial charge in [-0.15, -0.1) is 0 Å². The highest BCUT2D eigenvalue weighted by molar-refractivity contribution is 8.03. The summed E-state index contributed by atoms with van der Waals surface area (Å²) in [6, 6.07) is 8.30. The van der Waals surface area contributed by atoms with Crippen LogP contribution in [0.2, 0.25) is 0 Å². The van der Waals surface area contributed by atoms with E-state index >= 15 is 0 Å². The van der Waals surface area contributed by atoms with E-state index in [1.165, 1.54) is 11.3 Å².